The molecule has 1 unspecified atom stereocenters. The Morgan fingerprint density at radius 1 is 1.21 bits per heavy atom. The molecule has 0 aromatic heterocycles. The van der Waals surface area contributed by atoms with Gasteiger partial charge >= 0.3 is 5.97 Å². The quantitative estimate of drug-likeness (QED) is 0.530. The molecular formula is C16H24O3. The summed E-state index contributed by atoms with van der Waals surface area (Å²) in [4.78, 5) is 11.9. The van der Waals surface area contributed by atoms with Crippen molar-refractivity contribution in [2.75, 3.05) is 13.2 Å². The van der Waals surface area contributed by atoms with Crippen molar-refractivity contribution in [3.05, 3.63) is 35.9 Å². The Hall–Kier alpha value is -1.35. The Morgan fingerprint density at radius 2 is 1.89 bits per heavy atom. The summed E-state index contributed by atoms with van der Waals surface area (Å²) in [5, 5.41) is 0. The largest absolute Gasteiger partial charge is 0.464 e. The number of hydrogen-bond donors (Lipinski definition) is 0. The molecule has 1 aromatic carbocycles. The molecule has 0 N–H and O–H groups in total. The van der Waals surface area contributed by atoms with E-state index in [-0.39, 0.29) is 5.97 Å². The highest BCUT2D eigenvalue weighted by molar-refractivity contribution is 5.76. The molecule has 1 rings (SSSR count). The van der Waals surface area contributed by atoms with E-state index in [1.165, 1.54) is 0 Å². The fourth-order valence-electron chi connectivity index (χ4n) is 1.84. The minimum atomic E-state index is -0.603. The first-order chi connectivity index (χ1) is 9.15. The summed E-state index contributed by atoms with van der Waals surface area (Å²) in [5.74, 6) is 0.347. The zero-order valence-electron chi connectivity index (χ0n) is 12.1. The smallest absolute Gasteiger partial charge is 0.339 e. The molecule has 0 heterocycles. The van der Waals surface area contributed by atoms with Crippen LogP contribution in [-0.4, -0.2) is 19.2 Å². The number of rotatable bonds is 8. The van der Waals surface area contributed by atoms with E-state index < -0.39 is 6.10 Å². The number of ether oxygens (including phenoxy) is 2. The lowest BCUT2D eigenvalue weighted by molar-refractivity contribution is -0.157. The Balaban J connectivity index is 2.58. The third-order valence-corrected chi connectivity index (χ3v) is 2.81. The molecule has 0 saturated carbocycles. The van der Waals surface area contributed by atoms with E-state index in [0.717, 1.165) is 18.4 Å². The Bertz CT molecular complexity index is 360. The second kappa shape index (κ2) is 8.70. The lowest BCUT2D eigenvalue weighted by Gasteiger charge is -2.17. The first-order valence-electron chi connectivity index (χ1n) is 6.98. The van der Waals surface area contributed by atoms with Crippen LogP contribution in [-0.2, 0) is 14.3 Å². The number of carbonyl (C=O) groups excluding carboxylic acids is 1. The first-order valence-corrected chi connectivity index (χ1v) is 6.98. The zero-order chi connectivity index (χ0) is 14.1. The Morgan fingerprint density at radius 3 is 2.47 bits per heavy atom. The van der Waals surface area contributed by atoms with Crippen LogP contribution in [0.3, 0.4) is 0 Å². The lowest BCUT2D eigenvalue weighted by atomic mass is 10.1. The molecule has 0 saturated heterocycles. The van der Waals surface area contributed by atoms with Crippen LogP contribution in [0, 0.1) is 5.92 Å². The van der Waals surface area contributed by atoms with Crippen molar-refractivity contribution in [2.24, 2.45) is 5.92 Å². The number of carbonyl (C=O) groups is 1. The first kappa shape index (κ1) is 15.7. The summed E-state index contributed by atoms with van der Waals surface area (Å²) in [6, 6.07) is 9.51. The van der Waals surface area contributed by atoms with Crippen molar-refractivity contribution in [3.8, 4) is 0 Å². The van der Waals surface area contributed by atoms with Crippen LogP contribution in [0.2, 0.25) is 0 Å². The summed E-state index contributed by atoms with van der Waals surface area (Å²) in [5.41, 5.74) is 0.852. The van der Waals surface area contributed by atoms with Gasteiger partial charge in [0.25, 0.3) is 0 Å². The SMILES string of the molecule is CCOC(=O)C(OCCCC(C)C)c1ccccc1. The van der Waals surface area contributed by atoms with Crippen LogP contribution in [0.5, 0.6) is 0 Å². The average molecular weight is 264 g/mol. The van der Waals surface area contributed by atoms with Crippen LogP contribution in [0.4, 0.5) is 0 Å². The van der Waals surface area contributed by atoms with Gasteiger partial charge in [-0.05, 0) is 31.2 Å². The maximum atomic E-state index is 11.9. The van der Waals surface area contributed by atoms with Crippen LogP contribution < -0.4 is 0 Å². The number of hydrogen-bond acceptors (Lipinski definition) is 3. The van der Waals surface area contributed by atoms with Crippen molar-refractivity contribution in [2.45, 2.75) is 39.7 Å². The van der Waals surface area contributed by atoms with Crippen molar-refractivity contribution < 1.29 is 14.3 Å². The van der Waals surface area contributed by atoms with Crippen molar-refractivity contribution in [3.63, 3.8) is 0 Å². The van der Waals surface area contributed by atoms with Gasteiger partial charge in [-0.1, -0.05) is 44.2 Å². The number of esters is 1. The molecule has 106 valence electrons. The third-order valence-electron chi connectivity index (χ3n) is 2.81. The van der Waals surface area contributed by atoms with Crippen molar-refractivity contribution in [1.29, 1.82) is 0 Å². The number of benzene rings is 1. The summed E-state index contributed by atoms with van der Waals surface area (Å²) in [7, 11) is 0. The maximum absolute atomic E-state index is 11.9. The predicted octanol–water partition coefficient (Wildman–Crippen LogP) is 3.74. The minimum absolute atomic E-state index is 0.307. The molecule has 0 fully saturated rings. The van der Waals surface area contributed by atoms with Gasteiger partial charge in [-0.2, -0.15) is 0 Å². The molecule has 0 aliphatic rings. The predicted molar refractivity (Wildman–Crippen MR) is 75.8 cm³/mol. The monoisotopic (exact) mass is 264 g/mol. The van der Waals surface area contributed by atoms with Crippen LogP contribution in [0.1, 0.15) is 45.3 Å². The highest BCUT2D eigenvalue weighted by Gasteiger charge is 2.22. The van der Waals surface area contributed by atoms with Gasteiger partial charge in [0.15, 0.2) is 6.10 Å². The van der Waals surface area contributed by atoms with Crippen LogP contribution in [0.15, 0.2) is 30.3 Å². The Kier molecular flexibility index (Phi) is 7.19. The van der Waals surface area contributed by atoms with E-state index >= 15 is 0 Å². The van der Waals surface area contributed by atoms with Gasteiger partial charge in [-0.15, -0.1) is 0 Å². The van der Waals surface area contributed by atoms with E-state index in [2.05, 4.69) is 13.8 Å². The van der Waals surface area contributed by atoms with Gasteiger partial charge in [0, 0.05) is 6.61 Å². The van der Waals surface area contributed by atoms with E-state index in [9.17, 15) is 4.79 Å². The molecule has 1 aromatic rings. The standard InChI is InChI=1S/C16H24O3/c1-4-18-16(17)15(14-10-6-5-7-11-14)19-12-8-9-13(2)3/h5-7,10-11,13,15H,4,8-9,12H2,1-3H3. The molecule has 3 nitrogen and oxygen atoms in total. The fourth-order valence-corrected chi connectivity index (χ4v) is 1.84. The normalized spacial score (nSPS) is 12.4. The van der Waals surface area contributed by atoms with Crippen LogP contribution >= 0.6 is 0 Å². The molecule has 1 atom stereocenters. The second-order valence-corrected chi connectivity index (χ2v) is 4.95. The minimum Gasteiger partial charge on any atom is -0.464 e. The summed E-state index contributed by atoms with van der Waals surface area (Å²) in [6.07, 6.45) is 1.46. The molecule has 0 aliphatic heterocycles. The molecule has 0 spiro atoms. The summed E-state index contributed by atoms with van der Waals surface area (Å²) < 4.78 is 10.8. The maximum Gasteiger partial charge on any atom is 0.339 e. The molecule has 3 heteroatoms. The van der Waals surface area contributed by atoms with Crippen LogP contribution in [0.25, 0.3) is 0 Å². The highest BCUT2D eigenvalue weighted by atomic mass is 16.6. The van der Waals surface area contributed by atoms with Gasteiger partial charge in [0.1, 0.15) is 0 Å². The van der Waals surface area contributed by atoms with E-state index in [0.29, 0.717) is 19.1 Å². The molecule has 0 radical (unpaired) electrons. The van der Waals surface area contributed by atoms with E-state index in [1.54, 1.807) is 6.92 Å². The van der Waals surface area contributed by atoms with Gasteiger partial charge in [-0.25, -0.2) is 4.79 Å². The summed E-state index contributed by atoms with van der Waals surface area (Å²) >= 11 is 0. The second-order valence-electron chi connectivity index (χ2n) is 4.95. The highest BCUT2D eigenvalue weighted by Crippen LogP contribution is 2.19. The topological polar surface area (TPSA) is 35.5 Å². The van der Waals surface area contributed by atoms with Gasteiger partial charge < -0.3 is 9.47 Å². The molecule has 19 heavy (non-hydrogen) atoms. The summed E-state index contributed by atoms with van der Waals surface area (Å²) in [6.45, 7) is 7.12. The molecule has 0 amide bonds. The molecule has 0 bridgehead atoms. The van der Waals surface area contributed by atoms with Gasteiger partial charge in [-0.3, -0.25) is 0 Å². The van der Waals surface area contributed by atoms with E-state index in [1.807, 2.05) is 30.3 Å². The van der Waals surface area contributed by atoms with Gasteiger partial charge in [0.05, 0.1) is 6.61 Å². The van der Waals surface area contributed by atoms with Crippen molar-refractivity contribution >= 4 is 5.97 Å². The van der Waals surface area contributed by atoms with Gasteiger partial charge in [0.2, 0.25) is 0 Å². The molecule has 0 aliphatic carbocycles. The average Bonchev–Trinajstić information content (AvgIpc) is 2.39. The molecular weight excluding hydrogens is 240 g/mol. The third kappa shape index (κ3) is 5.88. The van der Waals surface area contributed by atoms with E-state index in [4.69, 9.17) is 9.47 Å². The van der Waals surface area contributed by atoms with Crippen molar-refractivity contribution in [1.82, 2.24) is 0 Å². The lowest BCUT2D eigenvalue weighted by Crippen LogP contribution is -2.19. The Labute approximate surface area is 115 Å². The zero-order valence-corrected chi connectivity index (χ0v) is 12.1. The fraction of sp³-hybridized carbons (Fsp3) is 0.562.